The number of rotatable bonds is 11. The van der Waals surface area contributed by atoms with E-state index in [0.29, 0.717) is 19.3 Å². The number of aromatic nitrogens is 2. The number of Topliss-reactive ketones (excluding diaryl/α,β-unsaturated/α-hetero) is 1. The lowest BCUT2D eigenvalue weighted by Crippen LogP contribution is -2.46. The number of unbranched alkanes of at least 4 members (excludes halogenated alkanes) is 1. The number of aromatic amines is 1. The second kappa shape index (κ2) is 10.7. The van der Waals surface area contributed by atoms with Gasteiger partial charge in [0.2, 0.25) is 0 Å². The first-order chi connectivity index (χ1) is 14.3. The lowest BCUT2D eigenvalue weighted by molar-refractivity contribution is -0.167. The van der Waals surface area contributed by atoms with Gasteiger partial charge in [-0.15, -0.1) is 0 Å². The highest BCUT2D eigenvalue weighted by Crippen LogP contribution is 2.45. The highest BCUT2D eigenvalue weighted by Gasteiger charge is 2.57. The van der Waals surface area contributed by atoms with Crippen LogP contribution in [0.2, 0.25) is 0 Å². The SMILES string of the molecule is CCCC[C@]1(CC)O[C@@H](n2ccc(=O)[nH]c2=O)[C@@H](OC)C1OC(=O)CCC(=O)CC. The van der Waals surface area contributed by atoms with Crippen LogP contribution in [0.4, 0.5) is 0 Å². The molecule has 1 N–H and O–H groups in total. The Bertz CT molecular complexity index is 846. The van der Waals surface area contributed by atoms with Crippen molar-refractivity contribution in [3.8, 4) is 0 Å². The van der Waals surface area contributed by atoms with Crippen LogP contribution in [0.15, 0.2) is 21.9 Å². The number of carbonyl (C=O) groups excluding carboxylic acids is 2. The number of ketones is 1. The molecule has 2 heterocycles. The lowest BCUT2D eigenvalue weighted by atomic mass is 9.87. The summed E-state index contributed by atoms with van der Waals surface area (Å²) in [6.07, 6.45) is 2.34. The van der Waals surface area contributed by atoms with E-state index >= 15 is 0 Å². The van der Waals surface area contributed by atoms with Crippen molar-refractivity contribution in [3.63, 3.8) is 0 Å². The van der Waals surface area contributed by atoms with Crippen LogP contribution in [0.5, 0.6) is 0 Å². The van der Waals surface area contributed by atoms with Crippen molar-refractivity contribution in [2.24, 2.45) is 0 Å². The lowest BCUT2D eigenvalue weighted by Gasteiger charge is -2.33. The summed E-state index contributed by atoms with van der Waals surface area (Å²) in [6, 6.07) is 1.23. The summed E-state index contributed by atoms with van der Waals surface area (Å²) >= 11 is 0. The number of carbonyl (C=O) groups is 2. The van der Waals surface area contributed by atoms with Crippen molar-refractivity contribution in [1.82, 2.24) is 9.55 Å². The van der Waals surface area contributed by atoms with Gasteiger partial charge in [-0.1, -0.05) is 33.6 Å². The zero-order valence-electron chi connectivity index (χ0n) is 18.1. The van der Waals surface area contributed by atoms with Crippen LogP contribution < -0.4 is 11.2 Å². The minimum atomic E-state index is -0.869. The van der Waals surface area contributed by atoms with Gasteiger partial charge in [0, 0.05) is 32.2 Å². The average Bonchev–Trinajstić information content (AvgIpc) is 3.03. The molecule has 30 heavy (non-hydrogen) atoms. The summed E-state index contributed by atoms with van der Waals surface area (Å²) in [5.41, 5.74) is -1.99. The van der Waals surface area contributed by atoms with Crippen LogP contribution in [-0.4, -0.2) is 46.2 Å². The molecule has 168 valence electrons. The number of nitrogens with zero attached hydrogens (tertiary/aromatic N) is 1. The molecule has 1 fully saturated rings. The fraction of sp³-hybridized carbons (Fsp3) is 0.714. The maximum absolute atomic E-state index is 12.5. The van der Waals surface area contributed by atoms with Gasteiger partial charge >= 0.3 is 11.7 Å². The van der Waals surface area contributed by atoms with E-state index < -0.39 is 41.3 Å². The van der Waals surface area contributed by atoms with E-state index in [1.807, 2.05) is 13.8 Å². The van der Waals surface area contributed by atoms with E-state index in [9.17, 15) is 19.2 Å². The van der Waals surface area contributed by atoms with Crippen LogP contribution in [0, 0.1) is 0 Å². The molecular weight excluding hydrogens is 392 g/mol. The molecule has 2 rings (SSSR count). The Labute approximate surface area is 175 Å². The molecule has 1 aliphatic heterocycles. The van der Waals surface area contributed by atoms with Crippen LogP contribution in [0.1, 0.15) is 71.9 Å². The van der Waals surface area contributed by atoms with Crippen molar-refractivity contribution in [1.29, 1.82) is 0 Å². The maximum Gasteiger partial charge on any atom is 0.330 e. The van der Waals surface area contributed by atoms with Crippen LogP contribution in [0.3, 0.4) is 0 Å². The minimum absolute atomic E-state index is 0.0108. The Morgan fingerprint density at radius 2 is 1.97 bits per heavy atom. The Morgan fingerprint density at radius 1 is 1.23 bits per heavy atom. The number of H-pyrrole nitrogens is 1. The Kier molecular flexibility index (Phi) is 8.54. The van der Waals surface area contributed by atoms with Crippen molar-refractivity contribution in [2.75, 3.05) is 7.11 Å². The second-order valence-electron chi connectivity index (χ2n) is 7.55. The van der Waals surface area contributed by atoms with Gasteiger partial charge in [-0.05, 0) is 12.8 Å². The predicted octanol–water partition coefficient (Wildman–Crippen LogP) is 2.09. The Balaban J connectivity index is 2.37. The van der Waals surface area contributed by atoms with E-state index in [4.69, 9.17) is 14.2 Å². The normalized spacial score (nSPS) is 25.9. The van der Waals surface area contributed by atoms with E-state index in [1.165, 1.54) is 23.9 Å². The van der Waals surface area contributed by atoms with Crippen molar-refractivity contribution >= 4 is 11.8 Å². The maximum atomic E-state index is 12.5. The first kappa shape index (κ1) is 24.0. The summed E-state index contributed by atoms with van der Waals surface area (Å²) in [7, 11) is 1.46. The molecule has 0 amide bonds. The van der Waals surface area contributed by atoms with Crippen LogP contribution in [-0.2, 0) is 23.8 Å². The zero-order chi connectivity index (χ0) is 22.3. The average molecular weight is 424 g/mol. The molecule has 1 unspecified atom stereocenters. The molecule has 0 bridgehead atoms. The van der Waals surface area contributed by atoms with Gasteiger partial charge in [0.25, 0.3) is 5.56 Å². The van der Waals surface area contributed by atoms with E-state index in [2.05, 4.69) is 4.98 Å². The molecule has 9 nitrogen and oxygen atoms in total. The predicted molar refractivity (Wildman–Crippen MR) is 109 cm³/mol. The van der Waals surface area contributed by atoms with Crippen molar-refractivity contribution < 1.29 is 23.8 Å². The largest absolute Gasteiger partial charge is 0.456 e. The second-order valence-corrected chi connectivity index (χ2v) is 7.55. The van der Waals surface area contributed by atoms with Gasteiger partial charge in [-0.25, -0.2) is 4.79 Å². The van der Waals surface area contributed by atoms with Crippen molar-refractivity contribution in [2.45, 2.75) is 89.8 Å². The van der Waals surface area contributed by atoms with E-state index in [0.717, 1.165) is 12.8 Å². The van der Waals surface area contributed by atoms with E-state index in [1.54, 1.807) is 6.92 Å². The third kappa shape index (κ3) is 5.26. The molecule has 9 heteroatoms. The summed E-state index contributed by atoms with van der Waals surface area (Å²) < 4.78 is 19.0. The molecule has 4 atom stereocenters. The minimum Gasteiger partial charge on any atom is -0.456 e. The van der Waals surface area contributed by atoms with Gasteiger partial charge < -0.3 is 14.2 Å². The molecule has 0 aliphatic carbocycles. The third-order valence-corrected chi connectivity index (χ3v) is 5.66. The van der Waals surface area contributed by atoms with Crippen molar-refractivity contribution in [3.05, 3.63) is 33.1 Å². The monoisotopic (exact) mass is 424 g/mol. The van der Waals surface area contributed by atoms with Gasteiger partial charge in [0.15, 0.2) is 12.3 Å². The van der Waals surface area contributed by atoms with Gasteiger partial charge in [0.05, 0.1) is 6.42 Å². The number of hydrogen-bond acceptors (Lipinski definition) is 7. The van der Waals surface area contributed by atoms with Crippen LogP contribution in [0.25, 0.3) is 0 Å². The fourth-order valence-corrected chi connectivity index (χ4v) is 3.84. The summed E-state index contributed by atoms with van der Waals surface area (Å²) in [5.74, 6) is -0.514. The molecule has 0 spiro atoms. The number of ether oxygens (including phenoxy) is 3. The number of nitrogens with one attached hydrogen (secondary N) is 1. The molecule has 1 aromatic heterocycles. The van der Waals surface area contributed by atoms with Gasteiger partial charge in [-0.2, -0.15) is 0 Å². The first-order valence-electron chi connectivity index (χ1n) is 10.5. The highest BCUT2D eigenvalue weighted by atomic mass is 16.6. The first-order valence-corrected chi connectivity index (χ1v) is 10.5. The van der Waals surface area contributed by atoms with Gasteiger partial charge in [-0.3, -0.25) is 23.9 Å². The zero-order valence-corrected chi connectivity index (χ0v) is 18.1. The number of esters is 1. The smallest absolute Gasteiger partial charge is 0.330 e. The van der Waals surface area contributed by atoms with Crippen LogP contribution >= 0.6 is 0 Å². The number of hydrogen-bond donors (Lipinski definition) is 1. The molecule has 1 saturated heterocycles. The summed E-state index contributed by atoms with van der Waals surface area (Å²) in [5, 5.41) is 0. The molecule has 0 radical (unpaired) electrons. The standard InChI is InChI=1S/C21H32N2O7/c1-5-8-12-21(7-3)18(29-16(26)10-9-14(24)6-2)17(28-4)19(30-21)23-13-11-15(25)22-20(23)27/h11,13,17-19H,5-10,12H2,1-4H3,(H,22,25,27)/t17-,18?,19+,21-/m0/s1. The molecule has 0 saturated carbocycles. The Morgan fingerprint density at radius 3 is 2.53 bits per heavy atom. The fourth-order valence-electron chi connectivity index (χ4n) is 3.84. The van der Waals surface area contributed by atoms with E-state index in [-0.39, 0.29) is 18.6 Å². The highest BCUT2D eigenvalue weighted by molar-refractivity contribution is 5.82. The quantitative estimate of drug-likeness (QED) is 0.541. The summed E-state index contributed by atoms with van der Waals surface area (Å²) in [6.45, 7) is 5.73. The Hall–Kier alpha value is -2.26. The topological polar surface area (TPSA) is 117 Å². The third-order valence-electron chi connectivity index (χ3n) is 5.66. The molecular formula is C21H32N2O7. The van der Waals surface area contributed by atoms with Gasteiger partial charge in [0.1, 0.15) is 17.5 Å². The number of methoxy groups -OCH3 is 1. The molecule has 1 aromatic rings. The summed E-state index contributed by atoms with van der Waals surface area (Å²) in [4.78, 5) is 50.1. The molecule has 1 aliphatic rings. The molecule has 0 aromatic carbocycles.